The van der Waals surface area contributed by atoms with E-state index in [-0.39, 0.29) is 19.3 Å². The van der Waals surface area contributed by atoms with Crippen molar-refractivity contribution in [1.29, 1.82) is 0 Å². The van der Waals surface area contributed by atoms with Crippen molar-refractivity contribution in [1.82, 2.24) is 25.5 Å². The number of nitrogens with zero attached hydrogens (tertiary/aromatic N) is 3. The first-order chi connectivity index (χ1) is 17.2. The predicted molar refractivity (Wildman–Crippen MR) is 134 cm³/mol. The zero-order valence-electron chi connectivity index (χ0n) is 19.7. The first-order valence-electron chi connectivity index (χ1n) is 11.5. The number of carboxylic acid groups (broad SMARTS) is 2. The van der Waals surface area contributed by atoms with Crippen molar-refractivity contribution in [2.45, 2.75) is 57.3 Å². The molecule has 2 amide bonds. The molecule has 36 heavy (non-hydrogen) atoms. The largest absolute Gasteiger partial charge is 0.480 e. The molecule has 2 heterocycles. The van der Waals surface area contributed by atoms with Crippen molar-refractivity contribution in [3.05, 3.63) is 60.2 Å². The Morgan fingerprint density at radius 3 is 1.81 bits per heavy atom. The number of carbonyl (C=O) groups excluding carboxylic acids is 2. The van der Waals surface area contributed by atoms with Crippen LogP contribution in [-0.4, -0.2) is 66.8 Å². The van der Waals surface area contributed by atoms with E-state index in [4.69, 9.17) is 0 Å². The van der Waals surface area contributed by atoms with Gasteiger partial charge in [0.15, 0.2) is 5.12 Å². The number of rotatable bonds is 16. The highest BCUT2D eigenvalue weighted by Crippen LogP contribution is 2.10. The van der Waals surface area contributed by atoms with Crippen LogP contribution in [0.25, 0.3) is 0 Å². The van der Waals surface area contributed by atoms with E-state index in [9.17, 15) is 29.4 Å². The number of aromatic nitrogens is 2. The minimum Gasteiger partial charge on any atom is -0.480 e. The van der Waals surface area contributed by atoms with Gasteiger partial charge >= 0.3 is 18.0 Å². The molecule has 11 nitrogen and oxygen atoms in total. The van der Waals surface area contributed by atoms with E-state index < -0.39 is 35.2 Å². The zero-order chi connectivity index (χ0) is 26.3. The second-order valence-electron chi connectivity index (χ2n) is 8.18. The van der Waals surface area contributed by atoms with Crippen LogP contribution in [0.15, 0.2) is 48.8 Å². The first-order valence-corrected chi connectivity index (χ1v) is 12.0. The summed E-state index contributed by atoms with van der Waals surface area (Å²) >= 11 is 3.58. The van der Waals surface area contributed by atoms with E-state index in [1.807, 2.05) is 36.4 Å². The Balaban J connectivity index is 1.87. The van der Waals surface area contributed by atoms with Crippen LogP contribution in [-0.2, 0) is 27.5 Å². The Morgan fingerprint density at radius 2 is 1.36 bits per heavy atom. The van der Waals surface area contributed by atoms with E-state index in [2.05, 4.69) is 38.1 Å². The average Bonchev–Trinajstić information content (AvgIpc) is 2.84. The topological polar surface area (TPSA) is 162 Å². The molecule has 0 saturated carbocycles. The molecule has 0 fully saturated rings. The van der Waals surface area contributed by atoms with E-state index in [0.29, 0.717) is 32.5 Å². The van der Waals surface area contributed by atoms with Crippen molar-refractivity contribution in [3.63, 3.8) is 0 Å². The third kappa shape index (κ3) is 11.3. The quantitative estimate of drug-likeness (QED) is 0.166. The molecule has 0 aromatic carbocycles. The fourth-order valence-electron chi connectivity index (χ4n) is 3.48. The van der Waals surface area contributed by atoms with Crippen LogP contribution in [0.1, 0.15) is 43.5 Å². The molecule has 2 rings (SSSR count). The number of pyridine rings is 2. The zero-order valence-corrected chi connectivity index (χ0v) is 20.6. The van der Waals surface area contributed by atoms with E-state index in [0.717, 1.165) is 11.4 Å². The maximum Gasteiger partial charge on any atom is 0.326 e. The SMILES string of the molecule is O=C(S)CC[C@H](NC(=O)N[C@@H](CCCCN(Cc1ccccn1)Cc1ccccn1)C(=O)O)C(=O)O. The maximum absolute atomic E-state index is 12.2. The molecule has 0 spiro atoms. The fraction of sp³-hybridized carbons (Fsp3) is 0.417. The number of hydrogen-bond acceptors (Lipinski definition) is 7. The number of urea groups is 1. The molecule has 0 bridgehead atoms. The van der Waals surface area contributed by atoms with Crippen LogP contribution in [0.3, 0.4) is 0 Å². The van der Waals surface area contributed by atoms with Crippen LogP contribution in [0.5, 0.6) is 0 Å². The Kier molecular flexibility index (Phi) is 12.4. The standard InChI is InChI=1S/C24H31N5O6S/c30-21(36)11-10-20(23(33)34)28-24(35)27-19(22(31)32)9-3-6-14-29(15-17-7-1-4-12-25-17)16-18-8-2-5-13-26-18/h1-2,4-5,7-8,12-13,19-20H,3,6,9-11,14-16H2,(H,30,36)(H,31,32)(H,33,34)(H2,27,28,35)/t19-,20-/m0/s1. The monoisotopic (exact) mass is 517 g/mol. The molecule has 0 aliphatic carbocycles. The number of carboxylic acids is 2. The summed E-state index contributed by atoms with van der Waals surface area (Å²) in [5.41, 5.74) is 1.81. The predicted octanol–water partition coefficient (Wildman–Crippen LogP) is 2.09. The second kappa shape index (κ2) is 15.5. The number of nitrogens with one attached hydrogen (secondary N) is 2. The summed E-state index contributed by atoms with van der Waals surface area (Å²) in [4.78, 5) is 57.0. The Morgan fingerprint density at radius 1 is 0.833 bits per heavy atom. The molecule has 0 saturated heterocycles. The normalized spacial score (nSPS) is 12.5. The number of thiol groups is 1. The second-order valence-corrected chi connectivity index (χ2v) is 8.68. The van der Waals surface area contributed by atoms with E-state index >= 15 is 0 Å². The lowest BCUT2D eigenvalue weighted by molar-refractivity contribution is -0.139. The lowest BCUT2D eigenvalue weighted by Crippen LogP contribution is -2.51. The lowest BCUT2D eigenvalue weighted by atomic mass is 10.1. The number of amides is 2. The number of unbranched alkanes of at least 4 members (excludes halogenated alkanes) is 1. The third-order valence-electron chi connectivity index (χ3n) is 5.29. The van der Waals surface area contributed by atoms with E-state index in [1.165, 1.54) is 0 Å². The van der Waals surface area contributed by atoms with Crippen LogP contribution in [0.4, 0.5) is 4.79 Å². The third-order valence-corrected chi connectivity index (χ3v) is 5.52. The molecule has 12 heteroatoms. The summed E-state index contributed by atoms with van der Waals surface area (Å²) in [6, 6.07) is 7.96. The molecule has 0 aliphatic heterocycles. The van der Waals surface area contributed by atoms with Gasteiger partial charge in [0.05, 0.1) is 11.4 Å². The molecule has 2 aromatic rings. The molecule has 194 valence electrons. The molecular formula is C24H31N5O6S. The summed E-state index contributed by atoms with van der Waals surface area (Å²) in [6.45, 7) is 1.86. The molecule has 4 N–H and O–H groups in total. The summed E-state index contributed by atoms with van der Waals surface area (Å²) in [7, 11) is 0. The van der Waals surface area contributed by atoms with Crippen LogP contribution >= 0.6 is 12.6 Å². The van der Waals surface area contributed by atoms with Gasteiger partial charge in [0, 0.05) is 31.9 Å². The van der Waals surface area contributed by atoms with Gasteiger partial charge in [0.2, 0.25) is 0 Å². The fourth-order valence-corrected chi connectivity index (χ4v) is 3.61. The summed E-state index contributed by atoms with van der Waals surface area (Å²) < 4.78 is 0. The Hall–Kier alpha value is -3.51. The Bertz CT molecular complexity index is 954. The minimum absolute atomic E-state index is 0.143. The highest BCUT2D eigenvalue weighted by molar-refractivity contribution is 7.96. The molecule has 2 aromatic heterocycles. The first kappa shape index (κ1) is 28.7. The van der Waals surface area contributed by atoms with Crippen LogP contribution < -0.4 is 10.6 Å². The van der Waals surface area contributed by atoms with Gasteiger partial charge in [-0.05, 0) is 56.5 Å². The van der Waals surface area contributed by atoms with Gasteiger partial charge in [0.25, 0.3) is 0 Å². The summed E-state index contributed by atoms with van der Waals surface area (Å²) in [5, 5.41) is 22.7. The van der Waals surface area contributed by atoms with Gasteiger partial charge in [-0.2, -0.15) is 0 Å². The van der Waals surface area contributed by atoms with Crippen molar-refractivity contribution in [3.8, 4) is 0 Å². The van der Waals surface area contributed by atoms with Crippen molar-refractivity contribution in [2.75, 3.05) is 6.54 Å². The van der Waals surface area contributed by atoms with Crippen molar-refractivity contribution in [2.24, 2.45) is 0 Å². The van der Waals surface area contributed by atoms with Crippen LogP contribution in [0.2, 0.25) is 0 Å². The summed E-state index contributed by atoms with van der Waals surface area (Å²) in [5.74, 6) is -2.55. The van der Waals surface area contributed by atoms with Gasteiger partial charge in [-0.15, -0.1) is 12.6 Å². The minimum atomic E-state index is -1.33. The lowest BCUT2D eigenvalue weighted by Gasteiger charge is -2.22. The Labute approximate surface area is 214 Å². The van der Waals surface area contributed by atoms with Crippen LogP contribution in [0, 0.1) is 0 Å². The van der Waals surface area contributed by atoms with Crippen molar-refractivity contribution < 1.29 is 29.4 Å². The number of aliphatic carboxylic acids is 2. The van der Waals surface area contributed by atoms with Gasteiger partial charge in [-0.1, -0.05) is 12.1 Å². The molecule has 0 unspecified atom stereocenters. The smallest absolute Gasteiger partial charge is 0.326 e. The van der Waals surface area contributed by atoms with Gasteiger partial charge in [0.1, 0.15) is 12.1 Å². The highest BCUT2D eigenvalue weighted by atomic mass is 32.1. The molecule has 0 radical (unpaired) electrons. The number of hydrogen-bond donors (Lipinski definition) is 5. The van der Waals surface area contributed by atoms with Gasteiger partial charge < -0.3 is 20.8 Å². The van der Waals surface area contributed by atoms with E-state index in [1.54, 1.807) is 12.4 Å². The highest BCUT2D eigenvalue weighted by Gasteiger charge is 2.24. The number of carbonyl (C=O) groups is 4. The van der Waals surface area contributed by atoms with Gasteiger partial charge in [-0.25, -0.2) is 14.4 Å². The van der Waals surface area contributed by atoms with Gasteiger partial charge in [-0.3, -0.25) is 19.7 Å². The average molecular weight is 518 g/mol. The van der Waals surface area contributed by atoms with Crippen molar-refractivity contribution >= 4 is 35.7 Å². The molecule has 2 atom stereocenters. The maximum atomic E-state index is 12.2. The molecular weight excluding hydrogens is 486 g/mol. The summed E-state index contributed by atoms with van der Waals surface area (Å²) in [6.07, 6.45) is 4.50. The molecule has 0 aliphatic rings.